The number of hydrogen-bond acceptors (Lipinski definition) is 11. The van der Waals surface area contributed by atoms with Crippen LogP contribution >= 0.6 is 12.2 Å². The van der Waals surface area contributed by atoms with Crippen molar-refractivity contribution in [3.63, 3.8) is 0 Å². The first kappa shape index (κ1) is 21.2. The topological polar surface area (TPSA) is 209 Å². The molecule has 0 heterocycles. The van der Waals surface area contributed by atoms with E-state index in [0.29, 0.717) is 0 Å². The molecule has 0 aromatic rings. The Bertz CT molecular complexity index is 319. The fourth-order valence-corrected chi connectivity index (χ4v) is 0.996. The van der Waals surface area contributed by atoms with Crippen LogP contribution < -0.4 is 20.9 Å². The minimum Gasteiger partial charge on any atom is -0.595 e. The van der Waals surface area contributed by atoms with Crippen LogP contribution in [-0.4, -0.2) is 50.6 Å². The van der Waals surface area contributed by atoms with Crippen LogP contribution in [0.1, 0.15) is 13.8 Å². The molecule has 0 amide bonds. The second-order valence-electron chi connectivity index (χ2n) is 4.71. The van der Waals surface area contributed by atoms with Gasteiger partial charge in [-0.25, -0.2) is 20.8 Å². The van der Waals surface area contributed by atoms with Gasteiger partial charge in [0.1, 0.15) is 0 Å². The second-order valence-corrected chi connectivity index (χ2v) is 5.05. The number of ether oxygens (including phenoxy) is 2. The molecule has 0 aromatic carbocycles. The zero-order valence-corrected chi connectivity index (χ0v) is 12.4. The third kappa shape index (κ3) is 5.14. The molecule has 132 valence electrons. The fraction of sp³-hybridized carbons (Fsp3) is 0.857. The molecule has 0 aliphatic heterocycles. The predicted molar refractivity (Wildman–Crippen MR) is 65.8 cm³/mol. The maximum atomic E-state index is 10.9. The highest BCUT2D eigenvalue weighted by Gasteiger charge is 2.43. The molecule has 0 rings (SSSR count). The molecule has 0 spiro atoms. The van der Waals surface area contributed by atoms with E-state index in [1.807, 2.05) is 0 Å². The molecule has 0 saturated carbocycles. The molecule has 4 atom stereocenters. The first-order valence-electron chi connectivity index (χ1n) is 5.61. The first-order chi connectivity index (χ1) is 9.87. The lowest BCUT2D eigenvalue weighted by Crippen LogP contribution is -3.36. The van der Waals surface area contributed by atoms with Crippen LogP contribution in [0.15, 0.2) is 0 Å². The number of rotatable bonds is 8. The quantitative estimate of drug-likeness (QED) is 0.117. The summed E-state index contributed by atoms with van der Waals surface area (Å²) in [4.78, 5) is 0. The van der Waals surface area contributed by atoms with Crippen LogP contribution in [0.25, 0.3) is 0 Å². The van der Waals surface area contributed by atoms with Crippen molar-refractivity contribution in [1.82, 2.24) is 0 Å². The molecular formula is C7H18N4O10S. The summed E-state index contributed by atoms with van der Waals surface area (Å²) in [6.07, 6.45) is 0. The van der Waals surface area contributed by atoms with Crippen molar-refractivity contribution in [1.29, 1.82) is 0 Å². The van der Waals surface area contributed by atoms with Crippen LogP contribution in [0.4, 0.5) is 0 Å². The van der Waals surface area contributed by atoms with Gasteiger partial charge in [0.25, 0.3) is 0 Å². The molecule has 0 radical (unpaired) electrons. The molecule has 0 bridgehead atoms. The number of thiocarbonyl (C=S) groups is 1. The summed E-state index contributed by atoms with van der Waals surface area (Å²) < 4.78 is 9.29. The molecule has 0 saturated heterocycles. The maximum Gasteiger partial charge on any atom is 0.353 e. The molecule has 22 heavy (non-hydrogen) atoms. The maximum absolute atomic E-state index is 10.9. The summed E-state index contributed by atoms with van der Waals surface area (Å²) in [7, 11) is 0. The molecule has 0 fully saturated rings. The van der Waals surface area contributed by atoms with Gasteiger partial charge < -0.3 is 30.3 Å². The van der Waals surface area contributed by atoms with E-state index in [0.717, 1.165) is 13.8 Å². The van der Waals surface area contributed by atoms with Gasteiger partial charge in [0, 0.05) is 12.2 Å². The van der Waals surface area contributed by atoms with E-state index >= 15 is 0 Å². The van der Waals surface area contributed by atoms with Gasteiger partial charge >= 0.3 is 16.6 Å². The average molecular weight is 350 g/mol. The molecule has 0 aliphatic carbocycles. The number of hydroxylamine groups is 8. The van der Waals surface area contributed by atoms with E-state index in [-0.39, 0.29) is 0 Å². The number of nitrogens with one attached hydrogen (secondary N) is 4. The van der Waals surface area contributed by atoms with Gasteiger partial charge in [-0.3, -0.25) is 0 Å². The molecule has 14 nitrogen and oxygen atoms in total. The number of quaternary nitrogens is 4. The third-order valence-electron chi connectivity index (χ3n) is 2.85. The van der Waals surface area contributed by atoms with Crippen molar-refractivity contribution in [2.45, 2.75) is 25.2 Å². The molecule has 0 aliphatic rings. The summed E-state index contributed by atoms with van der Waals surface area (Å²) in [6.45, 7) is -0.0154. The van der Waals surface area contributed by atoms with Gasteiger partial charge in [-0.05, 0) is 0 Å². The van der Waals surface area contributed by atoms with E-state index < -0.39 is 50.7 Å². The zero-order valence-electron chi connectivity index (χ0n) is 11.6. The smallest absolute Gasteiger partial charge is 0.353 e. The standard InChI is InChI=1S/C7H18N4O10S/c1-6(8(12)13,9(14)15)3-20-5(22)21-4-7(2,10(16)17)11(18)19/h8-12,14,16,18H,3-4H2,1-2H3. The van der Waals surface area contributed by atoms with Crippen LogP contribution in [0, 0.1) is 20.8 Å². The molecule has 4 unspecified atom stereocenters. The lowest BCUT2D eigenvalue weighted by atomic mass is 10.2. The van der Waals surface area contributed by atoms with Crippen molar-refractivity contribution in [2.24, 2.45) is 0 Å². The molecule has 15 heteroatoms. The predicted octanol–water partition coefficient (Wildman–Crippen LogP) is -6.18. The summed E-state index contributed by atoms with van der Waals surface area (Å²) in [6, 6.07) is 0. The first-order valence-corrected chi connectivity index (χ1v) is 6.02. The lowest BCUT2D eigenvalue weighted by molar-refractivity contribution is -1.27. The monoisotopic (exact) mass is 350 g/mol. The summed E-state index contributed by atoms with van der Waals surface area (Å²) in [5, 5.41) is 71.3. The highest BCUT2D eigenvalue weighted by atomic mass is 32.1. The van der Waals surface area contributed by atoms with Crippen LogP contribution in [0.3, 0.4) is 0 Å². The lowest BCUT2D eigenvalue weighted by Gasteiger charge is -2.37. The summed E-state index contributed by atoms with van der Waals surface area (Å²) in [5.41, 5.74) is -4.59. The Morgan fingerprint density at radius 2 is 1.05 bits per heavy atom. The highest BCUT2D eigenvalue weighted by Crippen LogP contribution is 1.96. The number of hydrogen-bond donors (Lipinski definition) is 8. The van der Waals surface area contributed by atoms with Crippen molar-refractivity contribution < 1.29 is 51.2 Å². The van der Waals surface area contributed by atoms with Crippen molar-refractivity contribution in [2.75, 3.05) is 13.2 Å². The third-order valence-corrected chi connectivity index (χ3v) is 3.08. The second kappa shape index (κ2) is 8.17. The van der Waals surface area contributed by atoms with E-state index in [2.05, 4.69) is 21.7 Å². The van der Waals surface area contributed by atoms with Crippen LogP contribution in [0.5, 0.6) is 0 Å². The van der Waals surface area contributed by atoms with Crippen molar-refractivity contribution >= 4 is 17.5 Å². The zero-order chi connectivity index (χ0) is 17.7. The largest absolute Gasteiger partial charge is 0.595 e. The minimum absolute atomic E-state index is 0.762. The van der Waals surface area contributed by atoms with Crippen molar-refractivity contribution in [3.8, 4) is 0 Å². The Kier molecular flexibility index (Phi) is 7.88. The molecular weight excluding hydrogens is 332 g/mol. The fourth-order valence-electron chi connectivity index (χ4n) is 0.878. The average Bonchev–Trinajstić information content (AvgIpc) is 2.40. The van der Waals surface area contributed by atoms with Gasteiger partial charge in [-0.15, -0.1) is 0 Å². The normalized spacial score (nSPS) is 22.6. The van der Waals surface area contributed by atoms with Gasteiger partial charge in [-0.2, -0.15) is 20.9 Å². The van der Waals surface area contributed by atoms with Gasteiger partial charge in [0.2, 0.25) is 13.2 Å². The molecule has 0 aromatic heterocycles. The Labute approximate surface area is 129 Å². The summed E-state index contributed by atoms with van der Waals surface area (Å²) >= 11 is 4.52. The Morgan fingerprint density at radius 1 is 0.818 bits per heavy atom. The van der Waals surface area contributed by atoms with Gasteiger partial charge in [0.05, 0.1) is 13.8 Å². The van der Waals surface area contributed by atoms with Gasteiger partial charge in [-0.1, -0.05) is 0 Å². The molecule has 8 N–H and O–H groups in total. The van der Waals surface area contributed by atoms with Gasteiger partial charge in [0.15, 0.2) is 0 Å². The Hall–Kier alpha value is -0.790. The van der Waals surface area contributed by atoms with E-state index in [4.69, 9.17) is 20.8 Å². The van der Waals surface area contributed by atoms with Crippen molar-refractivity contribution in [3.05, 3.63) is 20.8 Å². The minimum atomic E-state index is -2.30. The SMILES string of the molecule is CC(COC(=S)OCC(C)([NH+]([O-])O)[NH+]([O-])O)([NH+]([O-])O)[NH+]([O-])O. The summed E-state index contributed by atoms with van der Waals surface area (Å²) in [5.74, 6) is 0. The van der Waals surface area contributed by atoms with Crippen LogP contribution in [-0.2, 0) is 9.47 Å². The Balaban J connectivity index is 4.59. The van der Waals surface area contributed by atoms with E-state index in [1.54, 1.807) is 0 Å². The Morgan fingerprint density at radius 3 is 1.23 bits per heavy atom. The highest BCUT2D eigenvalue weighted by molar-refractivity contribution is 7.79. The van der Waals surface area contributed by atoms with E-state index in [1.165, 1.54) is 0 Å². The van der Waals surface area contributed by atoms with E-state index in [9.17, 15) is 20.8 Å². The van der Waals surface area contributed by atoms with Crippen LogP contribution in [0.2, 0.25) is 0 Å².